The van der Waals surface area contributed by atoms with E-state index in [4.69, 9.17) is 0 Å². The highest BCUT2D eigenvalue weighted by Gasteiger charge is 2.38. The maximum atomic E-state index is 13.9. The number of carbonyl (C=O) groups is 1. The van der Waals surface area contributed by atoms with Crippen molar-refractivity contribution in [3.63, 3.8) is 0 Å². The third kappa shape index (κ3) is 4.58. The van der Waals surface area contributed by atoms with Gasteiger partial charge in [-0.15, -0.1) is 0 Å². The first kappa shape index (κ1) is 33.9. The number of allylic oxidation sites excluding steroid dienone is 2. The second kappa shape index (κ2) is 12.5. The van der Waals surface area contributed by atoms with E-state index in [0.717, 1.165) is 66.1 Å². The van der Waals surface area contributed by atoms with E-state index in [-0.39, 0.29) is 16.7 Å². The molecule has 6 aromatic carbocycles. The summed E-state index contributed by atoms with van der Waals surface area (Å²) in [4.78, 5) is 13.9. The number of hydrogen-bond donors (Lipinski definition) is 4. The smallest absolute Gasteiger partial charge is 0.232 e. The van der Waals surface area contributed by atoms with Crippen LogP contribution in [0.2, 0.25) is 0 Å². The lowest BCUT2D eigenvalue weighted by molar-refractivity contribution is -0.112. The van der Waals surface area contributed by atoms with Gasteiger partial charge < -0.3 is 19.3 Å². The summed E-state index contributed by atoms with van der Waals surface area (Å²) in [5.74, 6) is -0.742. The van der Waals surface area contributed by atoms with Gasteiger partial charge in [0.1, 0.15) is 5.76 Å². The van der Waals surface area contributed by atoms with Gasteiger partial charge in [-0.05, 0) is 72.8 Å². The van der Waals surface area contributed by atoms with Gasteiger partial charge in [0.15, 0.2) is 28.7 Å². The number of carbonyl (C=O) groups excluding carboxylic acids is 1. The van der Waals surface area contributed by atoms with Crippen molar-refractivity contribution in [2.75, 3.05) is 0 Å². The number of aliphatic hydroxyl groups is 2. The molecule has 0 saturated heterocycles. The summed E-state index contributed by atoms with van der Waals surface area (Å²) in [6, 6.07) is 49.3. The number of nitrogens with zero attached hydrogens (tertiary/aromatic N) is 8. The molecule has 4 N–H and O–H groups in total. The van der Waals surface area contributed by atoms with Crippen LogP contribution >= 0.6 is 0 Å². The summed E-state index contributed by atoms with van der Waals surface area (Å²) in [5, 5.41) is 52.0. The molecule has 0 bridgehead atoms. The average molecular weight is 807 g/mol. The molecular weight excluding hydrogens is 777 g/mol. The van der Waals surface area contributed by atoms with Gasteiger partial charge in [0.2, 0.25) is 5.78 Å². The molecule has 0 radical (unpaired) electrons. The zero-order valence-electron chi connectivity index (χ0n) is 32.4. The number of ketones is 1. The molecule has 0 spiro atoms. The fourth-order valence-electron chi connectivity index (χ4n) is 9.30. The highest BCUT2D eigenvalue weighted by Crippen LogP contribution is 2.42. The third-order valence-electron chi connectivity index (χ3n) is 12.1. The monoisotopic (exact) mass is 806 g/mol. The van der Waals surface area contributed by atoms with E-state index in [2.05, 4.69) is 113 Å². The lowest BCUT2D eigenvalue weighted by Gasteiger charge is -2.07. The molecule has 294 valence electrons. The fraction of sp³-hybridized carbons (Fsp3) is 0. The average Bonchev–Trinajstić information content (AvgIpc) is 4.19. The minimum absolute atomic E-state index is 0.0593. The van der Waals surface area contributed by atoms with Crippen LogP contribution in [0.4, 0.5) is 0 Å². The number of hydrogen-bond acceptors (Lipinski definition) is 7. The van der Waals surface area contributed by atoms with Crippen LogP contribution in [0.15, 0.2) is 170 Å². The van der Waals surface area contributed by atoms with Crippen molar-refractivity contribution in [1.29, 1.82) is 0 Å². The molecule has 1 aliphatic carbocycles. The van der Waals surface area contributed by atoms with Gasteiger partial charge in [-0.3, -0.25) is 15.0 Å². The molecule has 0 unspecified atom stereocenters. The first-order valence-electron chi connectivity index (χ1n) is 20.0. The van der Waals surface area contributed by atoms with Crippen molar-refractivity contribution in [3.05, 3.63) is 181 Å². The van der Waals surface area contributed by atoms with E-state index in [1.807, 2.05) is 72.8 Å². The molecule has 0 atom stereocenters. The van der Waals surface area contributed by atoms with E-state index in [0.29, 0.717) is 28.5 Å². The van der Waals surface area contributed by atoms with Crippen LogP contribution in [0.3, 0.4) is 0 Å². The van der Waals surface area contributed by atoms with Crippen LogP contribution in [-0.4, -0.2) is 64.8 Å². The number of H-pyrrole nitrogens is 2. The second-order valence-electron chi connectivity index (χ2n) is 15.3. The molecule has 13 heteroatoms. The van der Waals surface area contributed by atoms with E-state index in [1.54, 1.807) is 9.03 Å². The van der Waals surface area contributed by atoms with Gasteiger partial charge in [0, 0.05) is 44.0 Å². The summed E-state index contributed by atoms with van der Waals surface area (Å²) in [7, 11) is 0. The standard InChI is InChI=1S/C49H30N10O3/c60-43-41(35-25-50-58-46(52-54-48(35)58)27-19-21-39-33(23-27)31-15-7-9-17-37(31)56(39)29-11-3-1-4-12-29)44(61)45(62)42(43)36-26-51-59-47(53-55-49(36)59)28-20-22-40-34(24-28)32-16-8-10-18-38(32)57(40)30-13-5-2-6-14-30/h1-26,54-55,60H,(H,61,62). The van der Waals surface area contributed by atoms with Gasteiger partial charge >= 0.3 is 0 Å². The van der Waals surface area contributed by atoms with E-state index in [9.17, 15) is 15.0 Å². The molecule has 0 aliphatic heterocycles. The number of nitrogens with one attached hydrogen (secondary N) is 2. The number of rotatable bonds is 6. The highest BCUT2D eigenvalue weighted by atomic mass is 16.3. The third-order valence-corrected chi connectivity index (χ3v) is 12.1. The molecule has 0 amide bonds. The molecule has 1 aliphatic rings. The summed E-state index contributed by atoms with van der Waals surface area (Å²) in [6.45, 7) is 0. The highest BCUT2D eigenvalue weighted by molar-refractivity contribution is 6.37. The Morgan fingerprint density at radius 1 is 0.452 bits per heavy atom. The molecule has 6 aromatic heterocycles. The lowest BCUT2D eigenvalue weighted by Crippen LogP contribution is -2.01. The molecule has 0 saturated carbocycles. The predicted molar refractivity (Wildman–Crippen MR) is 238 cm³/mol. The van der Waals surface area contributed by atoms with Crippen molar-refractivity contribution in [2.45, 2.75) is 0 Å². The van der Waals surface area contributed by atoms with Crippen LogP contribution in [0.5, 0.6) is 0 Å². The fourth-order valence-corrected chi connectivity index (χ4v) is 9.30. The number of fused-ring (bicyclic) bond motifs is 8. The largest absolute Gasteiger partial charge is 0.506 e. The Kier molecular flexibility index (Phi) is 6.85. The number of aromatic nitrogens is 10. The number of Topliss-reactive ketones (excluding diaryl/α,β-unsaturated/α-hetero) is 1. The van der Waals surface area contributed by atoms with Gasteiger partial charge in [-0.2, -0.15) is 29.4 Å². The Labute approximate surface area is 349 Å². The van der Waals surface area contributed by atoms with Crippen LogP contribution in [0.25, 0.3) is 100 Å². The maximum Gasteiger partial charge on any atom is 0.232 e. The Morgan fingerprint density at radius 3 is 1.39 bits per heavy atom. The molecule has 13 nitrogen and oxygen atoms in total. The number of aliphatic hydroxyl groups excluding tert-OH is 2. The minimum atomic E-state index is -0.752. The van der Waals surface area contributed by atoms with Crippen molar-refractivity contribution in [2.24, 2.45) is 0 Å². The van der Waals surface area contributed by atoms with Crippen LogP contribution in [0, 0.1) is 0 Å². The number of benzene rings is 6. The predicted octanol–water partition coefficient (Wildman–Crippen LogP) is 9.78. The summed E-state index contributed by atoms with van der Waals surface area (Å²) in [6.07, 6.45) is 2.99. The van der Waals surface area contributed by atoms with Gasteiger partial charge in [-0.1, -0.05) is 72.8 Å². The first-order chi connectivity index (χ1) is 30.5. The second-order valence-corrected chi connectivity index (χ2v) is 15.3. The molecule has 0 fully saturated rings. The van der Waals surface area contributed by atoms with E-state index >= 15 is 0 Å². The topological polar surface area (TPSA) is 159 Å². The minimum Gasteiger partial charge on any atom is -0.506 e. The van der Waals surface area contributed by atoms with Crippen molar-refractivity contribution >= 4 is 71.8 Å². The molecule has 6 heterocycles. The Morgan fingerprint density at radius 2 is 0.887 bits per heavy atom. The lowest BCUT2D eigenvalue weighted by atomic mass is 10.1. The van der Waals surface area contributed by atoms with E-state index < -0.39 is 17.3 Å². The van der Waals surface area contributed by atoms with Gasteiger partial charge in [-0.25, -0.2) is 0 Å². The van der Waals surface area contributed by atoms with Crippen LogP contribution < -0.4 is 0 Å². The Bertz CT molecular complexity index is 3910. The van der Waals surface area contributed by atoms with E-state index in [1.165, 1.54) is 12.4 Å². The normalized spacial score (nSPS) is 13.5. The molecule has 62 heavy (non-hydrogen) atoms. The summed E-state index contributed by atoms with van der Waals surface area (Å²) < 4.78 is 7.69. The summed E-state index contributed by atoms with van der Waals surface area (Å²) >= 11 is 0. The molecule has 13 rings (SSSR count). The number of para-hydroxylation sites is 4. The van der Waals surface area contributed by atoms with Crippen LogP contribution in [0.1, 0.15) is 11.1 Å². The Balaban J connectivity index is 0.876. The quantitative estimate of drug-likeness (QED) is 0.130. The van der Waals surface area contributed by atoms with Gasteiger partial charge in [0.25, 0.3) is 0 Å². The first-order valence-corrected chi connectivity index (χ1v) is 20.0. The zero-order valence-corrected chi connectivity index (χ0v) is 32.4. The molecular formula is C49H30N10O3. The maximum absolute atomic E-state index is 13.9. The van der Waals surface area contributed by atoms with Gasteiger partial charge in [0.05, 0.1) is 56.7 Å². The summed E-state index contributed by atoms with van der Waals surface area (Å²) in [5.41, 5.74) is 9.15. The molecule has 12 aromatic rings. The van der Waals surface area contributed by atoms with Crippen LogP contribution in [-0.2, 0) is 4.79 Å². The van der Waals surface area contributed by atoms with Crippen molar-refractivity contribution in [3.8, 4) is 34.2 Å². The zero-order chi connectivity index (χ0) is 41.2. The number of aromatic amines is 2. The van der Waals surface area contributed by atoms with Crippen molar-refractivity contribution < 1.29 is 15.0 Å². The SMILES string of the molecule is O=C1C(O)=C(c2cnn3c(-c4ccc5c(c4)c4ccccc4n5-c4ccccc4)n[nH]c23)C(O)=C1c1cnn2c(-c3ccc4c(c3)c3ccccc3n4-c3ccccc3)n[nH]c12. The van der Waals surface area contributed by atoms with Crippen molar-refractivity contribution in [1.82, 2.24) is 48.8 Å². The Hall–Kier alpha value is -8.97.